The predicted octanol–water partition coefficient (Wildman–Crippen LogP) is 1.03. The van der Waals surface area contributed by atoms with E-state index in [2.05, 4.69) is 5.32 Å². The first-order chi connectivity index (χ1) is 8.16. The van der Waals surface area contributed by atoms with Crippen LogP contribution in [0.4, 0.5) is 0 Å². The topological polar surface area (TPSA) is 75.6 Å². The fraction of sp³-hybridized carbons (Fsp3) is 0.833. The van der Waals surface area contributed by atoms with E-state index >= 15 is 0 Å². The van der Waals surface area contributed by atoms with Gasteiger partial charge in [0.2, 0.25) is 5.91 Å². The van der Waals surface area contributed by atoms with Crippen molar-refractivity contribution < 1.29 is 19.4 Å². The molecule has 0 aromatic heterocycles. The number of aliphatic carboxylic acids is 1. The number of hydrogen-bond donors (Lipinski definition) is 2. The van der Waals surface area contributed by atoms with Crippen LogP contribution >= 0.6 is 0 Å². The molecule has 0 saturated heterocycles. The zero-order chi connectivity index (χ0) is 12.7. The molecule has 0 aliphatic heterocycles. The summed E-state index contributed by atoms with van der Waals surface area (Å²) in [5.41, 5.74) is 0. The summed E-state index contributed by atoms with van der Waals surface area (Å²) >= 11 is 0. The number of carboxylic acid groups (broad SMARTS) is 1. The molecule has 0 aromatic rings. The van der Waals surface area contributed by atoms with E-state index in [0.29, 0.717) is 32.6 Å². The summed E-state index contributed by atoms with van der Waals surface area (Å²) < 4.78 is 5.11. The van der Waals surface area contributed by atoms with Crippen molar-refractivity contribution in [2.75, 3.05) is 19.8 Å². The number of rotatable bonds is 6. The van der Waals surface area contributed by atoms with Crippen molar-refractivity contribution in [1.82, 2.24) is 5.32 Å². The molecule has 5 nitrogen and oxygen atoms in total. The lowest BCUT2D eigenvalue weighted by molar-refractivity contribution is -0.148. The Bertz CT molecular complexity index is 267. The lowest BCUT2D eigenvalue weighted by atomic mass is 9.79. The van der Waals surface area contributed by atoms with Crippen molar-refractivity contribution in [2.45, 2.75) is 32.6 Å². The van der Waals surface area contributed by atoms with Crippen LogP contribution in [-0.2, 0) is 14.3 Å². The van der Waals surface area contributed by atoms with Gasteiger partial charge in [-0.1, -0.05) is 12.8 Å². The van der Waals surface area contributed by atoms with Gasteiger partial charge in [-0.2, -0.15) is 0 Å². The Labute approximate surface area is 102 Å². The van der Waals surface area contributed by atoms with E-state index in [1.807, 2.05) is 6.92 Å². The molecule has 0 heterocycles. The van der Waals surface area contributed by atoms with Gasteiger partial charge in [-0.3, -0.25) is 9.59 Å². The molecule has 1 amide bonds. The maximum atomic E-state index is 11.8. The summed E-state index contributed by atoms with van der Waals surface area (Å²) in [4.78, 5) is 22.9. The summed E-state index contributed by atoms with van der Waals surface area (Å²) in [6.45, 7) is 3.45. The Balaban J connectivity index is 2.39. The van der Waals surface area contributed by atoms with E-state index in [1.54, 1.807) is 0 Å². The number of hydrogen-bond acceptors (Lipinski definition) is 3. The van der Waals surface area contributed by atoms with Gasteiger partial charge in [-0.05, 0) is 19.8 Å². The number of ether oxygens (including phenoxy) is 1. The average molecular weight is 243 g/mol. The molecule has 1 fully saturated rings. The third-order valence-electron chi connectivity index (χ3n) is 3.17. The Hall–Kier alpha value is -1.10. The summed E-state index contributed by atoms with van der Waals surface area (Å²) in [6, 6.07) is 0. The highest BCUT2D eigenvalue weighted by molar-refractivity contribution is 5.84. The Kier molecular flexibility index (Phi) is 5.97. The van der Waals surface area contributed by atoms with E-state index < -0.39 is 11.9 Å². The van der Waals surface area contributed by atoms with E-state index in [0.717, 1.165) is 12.8 Å². The third kappa shape index (κ3) is 4.34. The monoisotopic (exact) mass is 243 g/mol. The molecule has 0 spiro atoms. The first kappa shape index (κ1) is 14.0. The van der Waals surface area contributed by atoms with Crippen LogP contribution in [0.25, 0.3) is 0 Å². The first-order valence-electron chi connectivity index (χ1n) is 6.25. The third-order valence-corrected chi connectivity index (χ3v) is 3.17. The van der Waals surface area contributed by atoms with Crippen LogP contribution in [0.2, 0.25) is 0 Å². The standard InChI is InChI=1S/C12H21NO4/c1-2-17-8-7-13-11(14)9-5-3-4-6-10(9)12(15)16/h9-10H,2-8H2,1H3,(H,13,14)(H,15,16)/t9-,10+/m1/s1. The summed E-state index contributed by atoms with van der Waals surface area (Å²) in [6.07, 6.45) is 3.13. The summed E-state index contributed by atoms with van der Waals surface area (Å²) in [7, 11) is 0. The van der Waals surface area contributed by atoms with Gasteiger partial charge in [0, 0.05) is 13.2 Å². The van der Waals surface area contributed by atoms with Gasteiger partial charge in [0.1, 0.15) is 0 Å². The maximum Gasteiger partial charge on any atom is 0.307 e. The fourth-order valence-electron chi connectivity index (χ4n) is 2.26. The molecule has 1 aliphatic carbocycles. The van der Waals surface area contributed by atoms with Crippen LogP contribution in [0.5, 0.6) is 0 Å². The van der Waals surface area contributed by atoms with E-state index in [-0.39, 0.29) is 11.8 Å². The molecule has 0 unspecified atom stereocenters. The summed E-state index contributed by atoms with van der Waals surface area (Å²) in [5, 5.41) is 11.8. The van der Waals surface area contributed by atoms with Crippen LogP contribution < -0.4 is 5.32 Å². The largest absolute Gasteiger partial charge is 0.481 e. The van der Waals surface area contributed by atoms with Gasteiger partial charge in [-0.15, -0.1) is 0 Å². The van der Waals surface area contributed by atoms with Crippen LogP contribution in [0.3, 0.4) is 0 Å². The van der Waals surface area contributed by atoms with Crippen molar-refractivity contribution in [3.8, 4) is 0 Å². The molecule has 2 N–H and O–H groups in total. The molecule has 17 heavy (non-hydrogen) atoms. The van der Waals surface area contributed by atoms with E-state index in [4.69, 9.17) is 9.84 Å². The number of amides is 1. The predicted molar refractivity (Wildman–Crippen MR) is 62.6 cm³/mol. The van der Waals surface area contributed by atoms with Crippen LogP contribution in [0.15, 0.2) is 0 Å². The second-order valence-electron chi connectivity index (χ2n) is 4.32. The number of carbonyl (C=O) groups excluding carboxylic acids is 1. The molecule has 0 bridgehead atoms. The molecule has 0 radical (unpaired) electrons. The minimum atomic E-state index is -0.852. The van der Waals surface area contributed by atoms with Gasteiger partial charge >= 0.3 is 5.97 Å². The van der Waals surface area contributed by atoms with Crippen molar-refractivity contribution in [1.29, 1.82) is 0 Å². The number of nitrogens with one attached hydrogen (secondary N) is 1. The minimum absolute atomic E-state index is 0.142. The quantitative estimate of drug-likeness (QED) is 0.683. The molecular formula is C12H21NO4. The summed E-state index contributed by atoms with van der Waals surface area (Å²) in [5.74, 6) is -1.88. The highest BCUT2D eigenvalue weighted by Crippen LogP contribution is 2.30. The first-order valence-corrected chi connectivity index (χ1v) is 6.25. The van der Waals surface area contributed by atoms with Crippen molar-refractivity contribution in [3.63, 3.8) is 0 Å². The highest BCUT2D eigenvalue weighted by atomic mass is 16.5. The molecule has 5 heteroatoms. The Morgan fingerprint density at radius 2 is 1.94 bits per heavy atom. The van der Waals surface area contributed by atoms with Gasteiger partial charge in [0.05, 0.1) is 18.4 Å². The van der Waals surface area contributed by atoms with Gasteiger partial charge < -0.3 is 15.2 Å². The van der Waals surface area contributed by atoms with Gasteiger partial charge in [0.15, 0.2) is 0 Å². The fourth-order valence-corrected chi connectivity index (χ4v) is 2.26. The highest BCUT2D eigenvalue weighted by Gasteiger charge is 2.35. The molecule has 2 atom stereocenters. The second-order valence-corrected chi connectivity index (χ2v) is 4.32. The Morgan fingerprint density at radius 3 is 2.53 bits per heavy atom. The van der Waals surface area contributed by atoms with Crippen LogP contribution in [0.1, 0.15) is 32.6 Å². The van der Waals surface area contributed by atoms with Gasteiger partial charge in [-0.25, -0.2) is 0 Å². The van der Waals surface area contributed by atoms with E-state index in [1.165, 1.54) is 0 Å². The van der Waals surface area contributed by atoms with Crippen LogP contribution in [0, 0.1) is 11.8 Å². The SMILES string of the molecule is CCOCCNC(=O)[C@@H]1CCCC[C@@H]1C(=O)O. The Morgan fingerprint density at radius 1 is 1.29 bits per heavy atom. The van der Waals surface area contributed by atoms with Crippen molar-refractivity contribution in [3.05, 3.63) is 0 Å². The van der Waals surface area contributed by atoms with E-state index in [9.17, 15) is 9.59 Å². The van der Waals surface area contributed by atoms with Crippen molar-refractivity contribution >= 4 is 11.9 Å². The molecule has 1 rings (SSSR count). The number of carbonyl (C=O) groups is 2. The van der Waals surface area contributed by atoms with Crippen LogP contribution in [-0.4, -0.2) is 36.7 Å². The van der Waals surface area contributed by atoms with Crippen molar-refractivity contribution in [2.24, 2.45) is 11.8 Å². The average Bonchev–Trinajstić information content (AvgIpc) is 2.34. The smallest absolute Gasteiger partial charge is 0.307 e. The lowest BCUT2D eigenvalue weighted by Gasteiger charge is -2.27. The number of carboxylic acids is 1. The maximum absolute atomic E-state index is 11.8. The second kappa shape index (κ2) is 7.27. The van der Waals surface area contributed by atoms with Gasteiger partial charge in [0.25, 0.3) is 0 Å². The molecule has 98 valence electrons. The zero-order valence-corrected chi connectivity index (χ0v) is 10.3. The molecule has 1 aliphatic rings. The molecular weight excluding hydrogens is 222 g/mol. The minimum Gasteiger partial charge on any atom is -0.481 e. The normalized spacial score (nSPS) is 24.3. The lowest BCUT2D eigenvalue weighted by Crippen LogP contribution is -2.40. The zero-order valence-electron chi connectivity index (χ0n) is 10.3. The molecule has 0 aromatic carbocycles. The molecule has 1 saturated carbocycles.